The minimum atomic E-state index is 0.335. The summed E-state index contributed by atoms with van der Waals surface area (Å²) in [6.07, 6.45) is 14.2. The van der Waals surface area contributed by atoms with E-state index in [2.05, 4.69) is 158 Å². The predicted molar refractivity (Wildman–Crippen MR) is 198 cm³/mol. The second kappa shape index (κ2) is 9.31. The normalized spacial score (nSPS) is 17.9. The monoisotopic (exact) mass is 596 g/mol. The van der Waals surface area contributed by atoms with Gasteiger partial charge >= 0.3 is 0 Å². The van der Waals surface area contributed by atoms with E-state index in [0.717, 1.165) is 27.3 Å². The summed E-state index contributed by atoms with van der Waals surface area (Å²) in [4.78, 5) is 0. The molecule has 47 heavy (non-hydrogen) atoms. The molecule has 0 saturated heterocycles. The van der Waals surface area contributed by atoms with Gasteiger partial charge in [-0.1, -0.05) is 140 Å². The maximum atomic E-state index is 6.50. The zero-order chi connectivity index (χ0) is 30.6. The van der Waals surface area contributed by atoms with Gasteiger partial charge in [-0.15, -0.1) is 0 Å². The highest BCUT2D eigenvalue weighted by Gasteiger charge is 2.35. The molecule has 3 aliphatic carbocycles. The molecule has 1 heterocycles. The highest BCUT2D eigenvalue weighted by molar-refractivity contribution is 6.21. The fraction of sp³-hybridized carbons (Fsp3) is 0.0435. The molecule has 0 radical (unpaired) electrons. The van der Waals surface area contributed by atoms with Crippen LogP contribution < -0.4 is 0 Å². The van der Waals surface area contributed by atoms with Crippen molar-refractivity contribution in [2.24, 2.45) is 5.92 Å². The van der Waals surface area contributed by atoms with E-state index in [1.807, 2.05) is 0 Å². The van der Waals surface area contributed by atoms with Crippen molar-refractivity contribution < 1.29 is 4.42 Å². The van der Waals surface area contributed by atoms with E-state index in [4.69, 9.17) is 4.42 Å². The Bertz CT molecular complexity index is 2740. The molecule has 2 unspecified atom stereocenters. The van der Waals surface area contributed by atoms with Crippen LogP contribution in [-0.2, 0) is 0 Å². The van der Waals surface area contributed by atoms with Crippen LogP contribution >= 0.6 is 0 Å². The van der Waals surface area contributed by atoms with Gasteiger partial charge in [-0.2, -0.15) is 0 Å². The van der Waals surface area contributed by atoms with Gasteiger partial charge in [0.15, 0.2) is 0 Å². The van der Waals surface area contributed by atoms with Crippen molar-refractivity contribution in [3.05, 3.63) is 173 Å². The molecule has 0 aliphatic heterocycles. The molecule has 2 atom stereocenters. The van der Waals surface area contributed by atoms with E-state index in [0.29, 0.717) is 11.8 Å². The first-order valence-electron chi connectivity index (χ1n) is 16.5. The van der Waals surface area contributed by atoms with Gasteiger partial charge in [0.05, 0.1) is 0 Å². The maximum Gasteiger partial charge on any atom is 0.143 e. The van der Waals surface area contributed by atoms with Crippen molar-refractivity contribution in [1.29, 1.82) is 0 Å². The lowest BCUT2D eigenvalue weighted by molar-refractivity contribution is 0.667. The predicted octanol–water partition coefficient (Wildman–Crippen LogP) is 12.5. The Hall–Kier alpha value is -5.92. The number of rotatable bonds is 2. The second-order valence-corrected chi connectivity index (χ2v) is 13.1. The number of benzene rings is 7. The van der Waals surface area contributed by atoms with Crippen molar-refractivity contribution in [1.82, 2.24) is 0 Å². The van der Waals surface area contributed by atoms with Gasteiger partial charge in [0.2, 0.25) is 0 Å². The summed E-state index contributed by atoms with van der Waals surface area (Å²) < 4.78 is 6.50. The number of furan rings is 1. The van der Waals surface area contributed by atoms with Crippen LogP contribution in [0.1, 0.15) is 28.2 Å². The fourth-order valence-electron chi connectivity index (χ4n) is 8.77. The van der Waals surface area contributed by atoms with E-state index in [1.165, 1.54) is 71.5 Å². The Morgan fingerprint density at radius 3 is 1.94 bits per heavy atom. The van der Waals surface area contributed by atoms with Crippen LogP contribution in [0.5, 0.6) is 0 Å². The van der Waals surface area contributed by atoms with Gasteiger partial charge in [0.25, 0.3) is 0 Å². The van der Waals surface area contributed by atoms with E-state index >= 15 is 0 Å². The molecule has 0 fully saturated rings. The van der Waals surface area contributed by atoms with E-state index in [1.54, 1.807) is 0 Å². The molecule has 1 heteroatoms. The first kappa shape index (κ1) is 25.3. The molecule has 1 nitrogen and oxygen atoms in total. The third-order valence-corrected chi connectivity index (χ3v) is 10.8. The Kier molecular flexibility index (Phi) is 5.01. The van der Waals surface area contributed by atoms with Crippen LogP contribution in [0.25, 0.3) is 83.1 Å². The maximum absolute atomic E-state index is 6.50. The van der Waals surface area contributed by atoms with Crippen LogP contribution in [0.3, 0.4) is 0 Å². The third-order valence-electron chi connectivity index (χ3n) is 10.8. The van der Waals surface area contributed by atoms with E-state index in [9.17, 15) is 0 Å². The molecule has 0 spiro atoms. The lowest BCUT2D eigenvalue weighted by Crippen LogP contribution is -2.22. The average molecular weight is 597 g/mol. The van der Waals surface area contributed by atoms with Gasteiger partial charge in [-0.3, -0.25) is 0 Å². The molecule has 1 aromatic heterocycles. The van der Waals surface area contributed by atoms with Crippen LogP contribution in [-0.4, -0.2) is 0 Å². The minimum Gasteiger partial charge on any atom is -0.455 e. The summed E-state index contributed by atoms with van der Waals surface area (Å²) in [5, 5.41) is 9.77. The largest absolute Gasteiger partial charge is 0.455 e. The number of hydrogen-bond acceptors (Lipinski definition) is 1. The molecular formula is C46H28O. The summed E-state index contributed by atoms with van der Waals surface area (Å²) in [5.41, 5.74) is 12.6. The minimum absolute atomic E-state index is 0.335. The lowest BCUT2D eigenvalue weighted by Gasteiger charge is -2.37. The van der Waals surface area contributed by atoms with Gasteiger partial charge in [0, 0.05) is 28.0 Å². The molecule has 218 valence electrons. The smallest absolute Gasteiger partial charge is 0.143 e. The Morgan fingerprint density at radius 2 is 1.15 bits per heavy atom. The second-order valence-electron chi connectivity index (χ2n) is 13.1. The lowest BCUT2D eigenvalue weighted by atomic mass is 9.66. The van der Waals surface area contributed by atoms with Crippen LogP contribution in [0.2, 0.25) is 0 Å². The van der Waals surface area contributed by atoms with Gasteiger partial charge in [-0.05, 0) is 89.7 Å². The van der Waals surface area contributed by atoms with Crippen molar-refractivity contribution >= 4 is 72.0 Å². The average Bonchev–Trinajstić information content (AvgIpc) is 3.51. The summed E-state index contributed by atoms with van der Waals surface area (Å²) in [7, 11) is 0. The zero-order valence-corrected chi connectivity index (χ0v) is 25.6. The SMILES string of the molecule is C1=CC2C=Cc3cccc4c3C2C(=C1c1c2ccccc2c(-c2ccc3oc5c6ccccc6ccc5c3c2)c2ccccc12)C=C4. The summed E-state index contributed by atoms with van der Waals surface area (Å²) in [6.45, 7) is 0. The molecular weight excluding hydrogens is 569 g/mol. The van der Waals surface area contributed by atoms with Crippen LogP contribution in [0.15, 0.2) is 156 Å². The molecule has 0 bridgehead atoms. The molecule has 7 aromatic carbocycles. The number of allylic oxidation sites excluding steroid dienone is 6. The zero-order valence-electron chi connectivity index (χ0n) is 25.6. The van der Waals surface area contributed by atoms with Crippen LogP contribution in [0.4, 0.5) is 0 Å². The van der Waals surface area contributed by atoms with Crippen molar-refractivity contribution in [2.75, 3.05) is 0 Å². The summed E-state index contributed by atoms with van der Waals surface area (Å²) in [6, 6.07) is 44.3. The Balaban J connectivity index is 1.20. The first-order chi connectivity index (χ1) is 23.3. The van der Waals surface area contributed by atoms with Gasteiger partial charge in [-0.25, -0.2) is 0 Å². The summed E-state index contributed by atoms with van der Waals surface area (Å²) in [5.74, 6) is 0.707. The Labute approximate surface area is 272 Å². The molecule has 0 N–H and O–H groups in total. The molecule has 0 amide bonds. The molecule has 0 saturated carbocycles. The molecule has 11 rings (SSSR count). The Morgan fingerprint density at radius 1 is 0.468 bits per heavy atom. The molecule has 3 aliphatic rings. The van der Waals surface area contributed by atoms with Gasteiger partial charge in [0.1, 0.15) is 11.2 Å². The van der Waals surface area contributed by atoms with Crippen molar-refractivity contribution in [2.45, 2.75) is 5.92 Å². The summed E-state index contributed by atoms with van der Waals surface area (Å²) >= 11 is 0. The highest BCUT2D eigenvalue weighted by Crippen LogP contribution is 2.52. The van der Waals surface area contributed by atoms with Gasteiger partial charge < -0.3 is 4.42 Å². The van der Waals surface area contributed by atoms with Crippen molar-refractivity contribution in [3.8, 4) is 11.1 Å². The van der Waals surface area contributed by atoms with E-state index in [-0.39, 0.29) is 0 Å². The fourth-order valence-corrected chi connectivity index (χ4v) is 8.77. The quantitative estimate of drug-likeness (QED) is 0.181. The number of fused-ring (bicyclic) bond motifs is 7. The van der Waals surface area contributed by atoms with Crippen molar-refractivity contribution in [3.63, 3.8) is 0 Å². The van der Waals surface area contributed by atoms with Crippen LogP contribution in [0, 0.1) is 5.92 Å². The first-order valence-corrected chi connectivity index (χ1v) is 16.5. The highest BCUT2D eigenvalue weighted by atomic mass is 16.3. The topological polar surface area (TPSA) is 13.1 Å². The standard InChI is InChI=1S/C46H28O/c1-2-11-32-27(8-1)18-24-39-40-26-31(21-25-41(40)47-46(32)39)43-33-12-3-5-14-35(33)45(36-15-6-4-13-34(36)43)38-23-20-30-17-16-28-9-7-10-29-19-22-37(38)44(30)42(28)29/h1-26,30,44H. The molecule has 8 aromatic rings. The third kappa shape index (κ3) is 3.43. The number of hydrogen-bond donors (Lipinski definition) is 0. The van der Waals surface area contributed by atoms with E-state index < -0.39 is 0 Å².